The van der Waals surface area contributed by atoms with Crippen LogP contribution >= 0.6 is 11.3 Å². The predicted molar refractivity (Wildman–Crippen MR) is 92.9 cm³/mol. The lowest BCUT2D eigenvalue weighted by atomic mass is 10.1. The molecule has 7 nitrogen and oxygen atoms in total. The number of nitrogens with zero attached hydrogens (tertiary/aromatic N) is 1. The fourth-order valence-corrected chi connectivity index (χ4v) is 3.33. The number of nitrogens with one attached hydrogen (secondary N) is 1. The van der Waals surface area contributed by atoms with Crippen molar-refractivity contribution >= 4 is 33.3 Å². The molecule has 0 aliphatic rings. The summed E-state index contributed by atoms with van der Waals surface area (Å²) in [5, 5.41) is 20.4. The number of hydrogen-bond donors (Lipinski definition) is 3. The third-order valence-corrected chi connectivity index (χ3v) is 4.49. The zero-order valence-corrected chi connectivity index (χ0v) is 13.8. The first-order chi connectivity index (χ1) is 12.4. The Kier molecular flexibility index (Phi) is 4.63. The number of rotatable bonds is 4. The van der Waals surface area contributed by atoms with E-state index < -0.39 is 40.3 Å². The molecule has 0 fully saturated rings. The zero-order chi connectivity index (χ0) is 18.8. The summed E-state index contributed by atoms with van der Waals surface area (Å²) >= 11 is 0.791. The van der Waals surface area contributed by atoms with Gasteiger partial charge in [0.05, 0.1) is 6.20 Å². The lowest BCUT2D eigenvalue weighted by Gasteiger charge is -2.07. The highest BCUT2D eigenvalue weighted by molar-refractivity contribution is 7.20. The molecule has 0 radical (unpaired) electrons. The number of carboxylic acids is 1. The van der Waals surface area contributed by atoms with E-state index in [2.05, 4.69) is 4.98 Å². The average Bonchev–Trinajstić information content (AvgIpc) is 2.59. The summed E-state index contributed by atoms with van der Waals surface area (Å²) in [6, 6.07) is 5.89. The van der Waals surface area contributed by atoms with Crippen LogP contribution in [0.1, 0.15) is 10.4 Å². The van der Waals surface area contributed by atoms with Gasteiger partial charge in [0.2, 0.25) is 5.43 Å². The van der Waals surface area contributed by atoms with Crippen LogP contribution in [-0.2, 0) is 4.79 Å². The first-order valence-electron chi connectivity index (χ1n) is 7.27. The highest BCUT2D eigenvalue weighted by Crippen LogP contribution is 2.31. The van der Waals surface area contributed by atoms with Gasteiger partial charge in [-0.1, -0.05) is 17.4 Å². The van der Waals surface area contributed by atoms with Gasteiger partial charge >= 0.3 is 5.97 Å². The number of benzene rings is 1. The van der Waals surface area contributed by atoms with Crippen LogP contribution in [0.4, 0.5) is 4.39 Å². The largest absolute Gasteiger partial charge is 0.499 e. The Morgan fingerprint density at radius 2 is 1.96 bits per heavy atom. The molecule has 0 saturated heterocycles. The van der Waals surface area contributed by atoms with Crippen LogP contribution < -0.4 is 10.7 Å². The number of carbonyl (C=O) groups excluding carboxylic acids is 1. The highest BCUT2D eigenvalue weighted by atomic mass is 32.1. The maximum Gasteiger partial charge on any atom is 0.322 e. The Morgan fingerprint density at radius 1 is 1.19 bits per heavy atom. The number of carboxylic acid groups (broad SMARTS) is 1. The van der Waals surface area contributed by atoms with Gasteiger partial charge in [0.1, 0.15) is 17.9 Å². The molecular formula is C17H11FN2O5S. The second-order valence-electron chi connectivity index (χ2n) is 5.29. The number of aliphatic carboxylic acids is 1. The summed E-state index contributed by atoms with van der Waals surface area (Å²) in [4.78, 5) is 38.8. The Balaban J connectivity index is 2.08. The topological polar surface area (TPSA) is 117 Å². The van der Waals surface area contributed by atoms with Gasteiger partial charge in [-0.2, -0.15) is 0 Å². The summed E-state index contributed by atoms with van der Waals surface area (Å²) in [7, 11) is 0. The third-order valence-electron chi connectivity index (χ3n) is 3.54. The molecule has 0 saturated carbocycles. The predicted octanol–water partition coefficient (Wildman–Crippen LogP) is 1.98. The molecular weight excluding hydrogens is 363 g/mol. The molecule has 0 aliphatic carbocycles. The van der Waals surface area contributed by atoms with Crippen molar-refractivity contribution in [1.29, 1.82) is 0 Å². The van der Waals surface area contributed by atoms with Gasteiger partial charge in [-0.25, -0.2) is 4.39 Å². The van der Waals surface area contributed by atoms with Gasteiger partial charge in [-0.3, -0.25) is 19.4 Å². The molecule has 0 aliphatic heterocycles. The molecule has 0 spiro atoms. The van der Waals surface area contributed by atoms with Crippen LogP contribution in [0.5, 0.6) is 5.06 Å². The molecule has 1 amide bonds. The summed E-state index contributed by atoms with van der Waals surface area (Å²) in [6.07, 6.45) is 2.53. The molecule has 1 aromatic carbocycles. The second-order valence-corrected chi connectivity index (χ2v) is 6.32. The Hall–Kier alpha value is -3.33. The monoisotopic (exact) mass is 374 g/mol. The summed E-state index contributed by atoms with van der Waals surface area (Å²) in [5.41, 5.74) is -0.149. The Morgan fingerprint density at radius 3 is 2.65 bits per heavy atom. The molecule has 0 unspecified atom stereocenters. The van der Waals surface area contributed by atoms with Crippen molar-refractivity contribution in [3.63, 3.8) is 0 Å². The number of hydrogen-bond acceptors (Lipinski definition) is 6. The van der Waals surface area contributed by atoms with Gasteiger partial charge in [0, 0.05) is 21.8 Å². The molecule has 9 heteroatoms. The summed E-state index contributed by atoms with van der Waals surface area (Å²) < 4.78 is 13.7. The molecule has 3 N–H and O–H groups in total. The molecule has 0 bridgehead atoms. The van der Waals surface area contributed by atoms with Gasteiger partial charge in [-0.05, 0) is 23.8 Å². The van der Waals surface area contributed by atoms with Crippen molar-refractivity contribution in [2.45, 2.75) is 0 Å². The lowest BCUT2D eigenvalue weighted by molar-refractivity contribution is -0.135. The number of pyridine rings is 1. The SMILES string of the molecule is O=C(O)CNC(=O)c1c(O)sc2cc(-c3cncc(F)c3)ccc2c1=O. The van der Waals surface area contributed by atoms with Gasteiger partial charge in [0.25, 0.3) is 5.91 Å². The Bertz CT molecular complexity index is 1100. The van der Waals surface area contributed by atoms with Crippen LogP contribution in [0.2, 0.25) is 0 Å². The van der Waals surface area contributed by atoms with Crippen LogP contribution in [0, 0.1) is 5.82 Å². The number of aromatic hydroxyl groups is 1. The van der Waals surface area contributed by atoms with E-state index in [-0.39, 0.29) is 5.39 Å². The molecule has 132 valence electrons. The zero-order valence-electron chi connectivity index (χ0n) is 13.0. The fraction of sp³-hybridized carbons (Fsp3) is 0.0588. The maximum absolute atomic E-state index is 13.3. The first kappa shape index (κ1) is 17.5. The molecule has 2 aromatic heterocycles. The van der Waals surface area contributed by atoms with E-state index in [1.54, 1.807) is 12.1 Å². The van der Waals surface area contributed by atoms with E-state index in [0.29, 0.717) is 15.8 Å². The van der Waals surface area contributed by atoms with Crippen LogP contribution in [-0.4, -0.2) is 33.6 Å². The van der Waals surface area contributed by atoms with E-state index in [1.165, 1.54) is 18.3 Å². The number of carbonyl (C=O) groups is 2. The number of fused-ring (bicyclic) bond motifs is 1. The second kappa shape index (κ2) is 6.89. The fourth-order valence-electron chi connectivity index (χ4n) is 2.38. The van der Waals surface area contributed by atoms with Crippen molar-refractivity contribution in [3.05, 3.63) is 58.3 Å². The van der Waals surface area contributed by atoms with Crippen LogP contribution in [0.25, 0.3) is 21.2 Å². The van der Waals surface area contributed by atoms with Crippen molar-refractivity contribution in [2.24, 2.45) is 0 Å². The minimum Gasteiger partial charge on any atom is -0.499 e. The minimum absolute atomic E-state index is 0.182. The van der Waals surface area contributed by atoms with E-state index in [1.807, 2.05) is 5.32 Å². The van der Waals surface area contributed by atoms with E-state index >= 15 is 0 Å². The van der Waals surface area contributed by atoms with E-state index in [4.69, 9.17) is 5.11 Å². The number of aromatic nitrogens is 1. The number of amides is 1. The van der Waals surface area contributed by atoms with E-state index in [0.717, 1.165) is 17.5 Å². The standard InChI is InChI=1S/C17H11FN2O5S/c18-10-3-9(5-19-6-10)8-1-2-11-12(4-8)26-17(25)14(15(11)23)16(24)20-7-13(21)22/h1-6,25H,7H2,(H,20,24)(H,21,22). The molecule has 26 heavy (non-hydrogen) atoms. The summed E-state index contributed by atoms with van der Waals surface area (Å²) in [5.74, 6) is -2.75. The van der Waals surface area contributed by atoms with Gasteiger partial charge < -0.3 is 15.5 Å². The lowest BCUT2D eigenvalue weighted by Crippen LogP contribution is -2.32. The molecule has 0 atom stereocenters. The minimum atomic E-state index is -1.27. The van der Waals surface area contributed by atoms with Crippen molar-refractivity contribution in [1.82, 2.24) is 10.3 Å². The third kappa shape index (κ3) is 3.38. The van der Waals surface area contributed by atoms with Gasteiger partial charge in [-0.15, -0.1) is 0 Å². The molecule has 3 aromatic rings. The molecule has 3 rings (SSSR count). The first-order valence-corrected chi connectivity index (χ1v) is 8.09. The van der Waals surface area contributed by atoms with Crippen LogP contribution in [0.15, 0.2) is 41.5 Å². The van der Waals surface area contributed by atoms with Crippen molar-refractivity contribution in [3.8, 4) is 16.2 Å². The Labute approximate surface area is 149 Å². The van der Waals surface area contributed by atoms with Gasteiger partial charge in [0.15, 0.2) is 5.06 Å². The smallest absolute Gasteiger partial charge is 0.322 e. The van der Waals surface area contributed by atoms with E-state index in [9.17, 15) is 23.9 Å². The average molecular weight is 374 g/mol. The number of halogens is 1. The molecule has 2 heterocycles. The summed E-state index contributed by atoms with van der Waals surface area (Å²) in [6.45, 7) is -0.675. The van der Waals surface area contributed by atoms with Crippen LogP contribution in [0.3, 0.4) is 0 Å². The highest BCUT2D eigenvalue weighted by Gasteiger charge is 2.20. The van der Waals surface area contributed by atoms with Crippen molar-refractivity contribution < 1.29 is 24.2 Å². The maximum atomic E-state index is 13.3. The van der Waals surface area contributed by atoms with Crippen molar-refractivity contribution in [2.75, 3.05) is 6.54 Å². The quantitative estimate of drug-likeness (QED) is 0.643. The normalized spacial score (nSPS) is 10.7.